The number of nitro groups is 1. The van der Waals surface area contributed by atoms with Crippen LogP contribution in [0.25, 0.3) is 0 Å². The zero-order chi connectivity index (χ0) is 12.1. The zero-order valence-corrected chi connectivity index (χ0v) is 12.7. The van der Waals surface area contributed by atoms with Gasteiger partial charge in [0.25, 0.3) is 5.69 Å². The fourth-order valence-corrected chi connectivity index (χ4v) is 1.05. The number of hydrogen-bond donors (Lipinski definition) is 0. The molecule has 0 radical (unpaired) electrons. The fourth-order valence-electron chi connectivity index (χ4n) is 1.05. The molecule has 1 rings (SSSR count). The minimum atomic E-state index is -0.428. The van der Waals surface area contributed by atoms with Crippen LogP contribution in [-0.4, -0.2) is 36.6 Å². The maximum absolute atomic E-state index is 10.5. The number of ether oxygens (including phenoxy) is 1. The molecule has 0 aliphatic rings. The van der Waals surface area contributed by atoms with E-state index in [-0.39, 0.29) is 42.7 Å². The third kappa shape index (κ3) is 5.50. The Bertz CT molecular complexity index is 377. The van der Waals surface area contributed by atoms with Gasteiger partial charge in [-0.1, -0.05) is 6.07 Å². The SMILES string of the molecule is C[C@@H](COc1cccc([N+](=O)[O-])c1)N(C)C.[H-].[Na+]. The van der Waals surface area contributed by atoms with Gasteiger partial charge < -0.3 is 11.1 Å². The van der Waals surface area contributed by atoms with Crippen molar-refractivity contribution in [1.82, 2.24) is 4.90 Å². The van der Waals surface area contributed by atoms with Gasteiger partial charge in [0.05, 0.1) is 11.0 Å². The van der Waals surface area contributed by atoms with Crippen molar-refractivity contribution in [1.29, 1.82) is 0 Å². The number of rotatable bonds is 5. The second kappa shape index (κ2) is 7.66. The summed E-state index contributed by atoms with van der Waals surface area (Å²) in [6.45, 7) is 2.53. The molecule has 0 heterocycles. The Hall–Kier alpha value is -0.620. The van der Waals surface area contributed by atoms with Gasteiger partial charge in [-0.3, -0.25) is 10.1 Å². The van der Waals surface area contributed by atoms with Gasteiger partial charge in [0.1, 0.15) is 12.4 Å². The smallest absolute Gasteiger partial charge is 1.00 e. The molecular weight excluding hydrogens is 231 g/mol. The van der Waals surface area contributed by atoms with Gasteiger partial charge in [-0.05, 0) is 27.1 Å². The van der Waals surface area contributed by atoms with Crippen LogP contribution in [0.1, 0.15) is 8.35 Å². The number of likely N-dealkylation sites (N-methyl/N-ethyl adjacent to an activating group) is 1. The Labute approximate surface area is 125 Å². The minimum Gasteiger partial charge on any atom is -1.00 e. The average molecular weight is 248 g/mol. The van der Waals surface area contributed by atoms with Gasteiger partial charge in [-0.15, -0.1) is 0 Å². The molecule has 0 fully saturated rings. The Kier molecular flexibility index (Phi) is 7.38. The summed E-state index contributed by atoms with van der Waals surface area (Å²) in [5.41, 5.74) is 0.0509. The molecular formula is C11H17N2NaO3. The number of non-ortho nitro benzene ring substituents is 1. The van der Waals surface area contributed by atoms with Crippen LogP contribution in [0.5, 0.6) is 5.75 Å². The Morgan fingerprint density at radius 3 is 2.71 bits per heavy atom. The summed E-state index contributed by atoms with van der Waals surface area (Å²) in [6, 6.07) is 6.48. The summed E-state index contributed by atoms with van der Waals surface area (Å²) in [7, 11) is 3.92. The molecule has 5 nitrogen and oxygen atoms in total. The van der Waals surface area contributed by atoms with E-state index >= 15 is 0 Å². The molecule has 0 amide bonds. The van der Waals surface area contributed by atoms with Crippen molar-refractivity contribution in [3.8, 4) is 5.75 Å². The van der Waals surface area contributed by atoms with E-state index in [0.29, 0.717) is 12.4 Å². The Morgan fingerprint density at radius 2 is 2.18 bits per heavy atom. The summed E-state index contributed by atoms with van der Waals surface area (Å²) in [6.07, 6.45) is 0. The van der Waals surface area contributed by atoms with Crippen LogP contribution in [0.2, 0.25) is 0 Å². The van der Waals surface area contributed by atoms with Gasteiger partial charge in [-0.25, -0.2) is 0 Å². The van der Waals surface area contributed by atoms with Crippen molar-refractivity contribution < 1.29 is 40.6 Å². The molecule has 0 aliphatic carbocycles. The van der Waals surface area contributed by atoms with Crippen molar-refractivity contribution in [2.24, 2.45) is 0 Å². The molecule has 0 saturated carbocycles. The fraction of sp³-hybridized carbons (Fsp3) is 0.455. The molecule has 1 aromatic carbocycles. The maximum atomic E-state index is 10.5. The first-order valence-electron chi connectivity index (χ1n) is 5.04. The molecule has 0 unspecified atom stereocenters. The summed E-state index contributed by atoms with van der Waals surface area (Å²) in [5, 5.41) is 10.5. The normalized spacial score (nSPS) is 11.8. The van der Waals surface area contributed by atoms with Gasteiger partial charge in [0, 0.05) is 12.1 Å². The predicted octanol–water partition coefficient (Wildman–Crippen LogP) is -0.960. The Balaban J connectivity index is 0. The third-order valence-corrected chi connectivity index (χ3v) is 2.40. The van der Waals surface area contributed by atoms with E-state index in [4.69, 9.17) is 4.74 Å². The van der Waals surface area contributed by atoms with E-state index in [1.54, 1.807) is 12.1 Å². The number of nitrogens with zero attached hydrogens (tertiary/aromatic N) is 2. The summed E-state index contributed by atoms with van der Waals surface area (Å²) < 4.78 is 5.47. The van der Waals surface area contributed by atoms with Crippen LogP contribution in [0, 0.1) is 10.1 Å². The number of hydrogen-bond acceptors (Lipinski definition) is 4. The van der Waals surface area contributed by atoms with Crippen molar-refractivity contribution in [2.75, 3.05) is 20.7 Å². The maximum Gasteiger partial charge on any atom is 1.00 e. The Morgan fingerprint density at radius 1 is 1.53 bits per heavy atom. The van der Waals surface area contributed by atoms with Crippen LogP contribution >= 0.6 is 0 Å². The zero-order valence-electron chi connectivity index (χ0n) is 11.7. The minimum absolute atomic E-state index is 0. The van der Waals surface area contributed by atoms with Crippen LogP contribution in [0.3, 0.4) is 0 Å². The van der Waals surface area contributed by atoms with Gasteiger partial charge in [0.15, 0.2) is 0 Å². The van der Waals surface area contributed by atoms with E-state index < -0.39 is 4.92 Å². The monoisotopic (exact) mass is 248 g/mol. The first-order valence-corrected chi connectivity index (χ1v) is 5.04. The second-order valence-corrected chi connectivity index (χ2v) is 3.88. The van der Waals surface area contributed by atoms with Gasteiger partial charge >= 0.3 is 29.6 Å². The largest absolute Gasteiger partial charge is 1.00 e. The quantitative estimate of drug-likeness (QED) is 0.382. The first kappa shape index (κ1) is 16.4. The van der Waals surface area contributed by atoms with Gasteiger partial charge in [0.2, 0.25) is 0 Å². The number of nitro benzene ring substituents is 1. The van der Waals surface area contributed by atoms with Crippen molar-refractivity contribution >= 4 is 5.69 Å². The second-order valence-electron chi connectivity index (χ2n) is 3.88. The molecule has 90 valence electrons. The van der Waals surface area contributed by atoms with Crippen molar-refractivity contribution in [3.05, 3.63) is 34.4 Å². The van der Waals surface area contributed by atoms with Crippen LogP contribution < -0.4 is 34.3 Å². The predicted molar refractivity (Wildman–Crippen MR) is 62.9 cm³/mol. The first-order chi connectivity index (χ1) is 7.50. The van der Waals surface area contributed by atoms with E-state index in [9.17, 15) is 10.1 Å². The molecule has 0 aliphatic heterocycles. The molecule has 0 N–H and O–H groups in total. The molecule has 0 aromatic heterocycles. The summed E-state index contributed by atoms with van der Waals surface area (Å²) >= 11 is 0. The number of benzene rings is 1. The van der Waals surface area contributed by atoms with E-state index in [2.05, 4.69) is 0 Å². The van der Waals surface area contributed by atoms with E-state index in [1.165, 1.54) is 12.1 Å². The molecule has 1 aromatic rings. The van der Waals surface area contributed by atoms with E-state index in [1.807, 2.05) is 25.9 Å². The molecule has 0 spiro atoms. The molecule has 1 atom stereocenters. The van der Waals surface area contributed by atoms with Crippen LogP contribution in [-0.2, 0) is 0 Å². The summed E-state index contributed by atoms with van der Waals surface area (Å²) in [4.78, 5) is 12.1. The molecule has 17 heavy (non-hydrogen) atoms. The molecule has 6 heteroatoms. The summed E-state index contributed by atoms with van der Waals surface area (Å²) in [5.74, 6) is 0.530. The van der Waals surface area contributed by atoms with Gasteiger partial charge in [-0.2, -0.15) is 0 Å². The van der Waals surface area contributed by atoms with Crippen LogP contribution in [0.4, 0.5) is 5.69 Å². The molecule has 0 saturated heterocycles. The third-order valence-electron chi connectivity index (χ3n) is 2.40. The van der Waals surface area contributed by atoms with Crippen molar-refractivity contribution in [3.63, 3.8) is 0 Å². The van der Waals surface area contributed by atoms with Crippen molar-refractivity contribution in [2.45, 2.75) is 13.0 Å². The average Bonchev–Trinajstić information content (AvgIpc) is 2.26. The standard InChI is InChI=1S/C11H16N2O3.Na.H/c1-9(12(2)3)8-16-11-6-4-5-10(7-11)13(14)15;;/h4-7,9H,8H2,1-3H3;;/q;+1;-1/t9-;;/m0../s1. The molecule has 0 bridgehead atoms. The topological polar surface area (TPSA) is 55.6 Å². The van der Waals surface area contributed by atoms with Crippen LogP contribution in [0.15, 0.2) is 24.3 Å². The van der Waals surface area contributed by atoms with E-state index in [0.717, 1.165) is 0 Å².